The molecule has 128 valence electrons. The van der Waals surface area contributed by atoms with E-state index in [0.29, 0.717) is 0 Å². The normalized spacial score (nSPS) is 27.1. The minimum atomic E-state index is -1.16. The number of esters is 1. The van der Waals surface area contributed by atoms with Gasteiger partial charge < -0.3 is 24.4 Å². The molecule has 11 nitrogen and oxygen atoms in total. The number of carbonyl (C=O) groups excluding carboxylic acids is 1. The third-order valence-corrected chi connectivity index (χ3v) is 3.54. The summed E-state index contributed by atoms with van der Waals surface area (Å²) in [6, 6.07) is 0. The van der Waals surface area contributed by atoms with Crippen molar-refractivity contribution in [3.05, 3.63) is 27.3 Å². The van der Waals surface area contributed by atoms with Gasteiger partial charge in [-0.3, -0.25) is 0 Å². The Morgan fingerprint density at radius 2 is 2.17 bits per heavy atom. The van der Waals surface area contributed by atoms with Crippen LogP contribution in [0.5, 0.6) is 0 Å². The van der Waals surface area contributed by atoms with Crippen LogP contribution in [-0.2, 0) is 25.5 Å². The van der Waals surface area contributed by atoms with Crippen molar-refractivity contribution in [2.24, 2.45) is 0 Å². The van der Waals surface area contributed by atoms with Crippen LogP contribution in [0.15, 0.2) is 15.9 Å². The van der Waals surface area contributed by atoms with E-state index >= 15 is 0 Å². The van der Waals surface area contributed by atoms with Crippen molar-refractivity contribution < 1.29 is 33.8 Å². The molecule has 4 atom stereocenters. The zero-order chi connectivity index (χ0) is 17.1. The molecule has 2 heterocycles. The molecule has 1 aromatic rings. The van der Waals surface area contributed by atoms with Gasteiger partial charge in [0.25, 0.3) is 0 Å². The van der Waals surface area contributed by atoms with Gasteiger partial charge in [0.1, 0.15) is 18.3 Å². The lowest BCUT2D eigenvalue weighted by atomic mass is 10.1. The molecular weight excluding hydrogens is 314 g/mol. The van der Waals surface area contributed by atoms with Gasteiger partial charge in [-0.05, 0) is 0 Å². The maximum Gasteiger partial charge on any atom is 0.448 e. The van der Waals surface area contributed by atoms with E-state index < -0.39 is 55.0 Å². The predicted molar refractivity (Wildman–Crippen MR) is 71.3 cm³/mol. The number of aromatic nitrogens is 3. The van der Waals surface area contributed by atoms with E-state index in [1.165, 1.54) is 7.11 Å². The van der Waals surface area contributed by atoms with Crippen LogP contribution in [0.4, 0.5) is 0 Å². The second-order valence-corrected chi connectivity index (χ2v) is 4.90. The highest BCUT2D eigenvalue weighted by atomic mass is 16.6. The molecule has 0 amide bonds. The molecule has 2 rings (SSSR count). The Balaban J connectivity index is 2.42. The lowest BCUT2D eigenvalue weighted by Gasteiger charge is -2.17. The van der Waals surface area contributed by atoms with E-state index in [-0.39, 0.29) is 0 Å². The van der Waals surface area contributed by atoms with Gasteiger partial charge in [0, 0.05) is 7.11 Å². The van der Waals surface area contributed by atoms with Crippen LogP contribution in [0.25, 0.3) is 0 Å². The summed E-state index contributed by atoms with van der Waals surface area (Å²) in [5.74, 6) is -0.686. The lowest BCUT2D eigenvalue weighted by molar-refractivity contribution is -0.708. The molecule has 0 aromatic carbocycles. The lowest BCUT2D eigenvalue weighted by Crippen LogP contribution is -2.59. The highest BCUT2D eigenvalue weighted by Gasteiger charge is 2.47. The van der Waals surface area contributed by atoms with E-state index in [4.69, 9.17) is 9.47 Å². The van der Waals surface area contributed by atoms with E-state index in [9.17, 15) is 24.6 Å². The van der Waals surface area contributed by atoms with Crippen molar-refractivity contribution in [1.82, 2.24) is 9.55 Å². The molecule has 23 heavy (non-hydrogen) atoms. The van der Waals surface area contributed by atoms with E-state index in [0.717, 1.165) is 22.6 Å². The number of ether oxygens (including phenoxy) is 3. The van der Waals surface area contributed by atoms with Gasteiger partial charge in [0.15, 0.2) is 6.54 Å². The standard InChI is InChI=1S/C12H17N3O8/c1-21-7(17)3-14-5-15(12(20)13-11(14)19)10-9(22-2)8(18)6(4-16)23-10/h5-6,8-10,16,18H,3-4H2,1-2H3/p+1/t6-,8?,9+,10-/m1/s1. The van der Waals surface area contributed by atoms with Crippen molar-refractivity contribution >= 4 is 5.97 Å². The molecule has 11 heteroatoms. The second kappa shape index (κ2) is 7.00. The molecule has 1 aliphatic rings. The maximum atomic E-state index is 12.0. The van der Waals surface area contributed by atoms with E-state index in [1.807, 2.05) is 4.98 Å². The molecule has 1 fully saturated rings. The zero-order valence-electron chi connectivity index (χ0n) is 12.5. The fraction of sp³-hybridized carbons (Fsp3) is 0.667. The van der Waals surface area contributed by atoms with Crippen LogP contribution in [0, 0.1) is 0 Å². The first kappa shape index (κ1) is 17.3. The van der Waals surface area contributed by atoms with Crippen LogP contribution in [-0.4, -0.2) is 64.9 Å². The Morgan fingerprint density at radius 3 is 2.74 bits per heavy atom. The third-order valence-electron chi connectivity index (χ3n) is 3.54. The monoisotopic (exact) mass is 332 g/mol. The molecule has 0 aliphatic carbocycles. The number of aromatic amines is 1. The Kier molecular flexibility index (Phi) is 5.26. The van der Waals surface area contributed by atoms with E-state index in [1.54, 1.807) is 0 Å². The first-order chi connectivity index (χ1) is 10.9. The van der Waals surface area contributed by atoms with Gasteiger partial charge in [0.05, 0.1) is 13.7 Å². The molecule has 0 radical (unpaired) electrons. The largest absolute Gasteiger partial charge is 0.467 e. The quantitative estimate of drug-likeness (QED) is 0.369. The van der Waals surface area contributed by atoms with Gasteiger partial charge in [-0.25, -0.2) is 14.4 Å². The molecule has 0 saturated carbocycles. The van der Waals surface area contributed by atoms with Crippen molar-refractivity contribution in [2.45, 2.75) is 31.1 Å². The van der Waals surface area contributed by atoms with Gasteiger partial charge in [0.2, 0.25) is 12.6 Å². The number of aliphatic hydroxyl groups excluding tert-OH is 2. The number of methoxy groups -OCH3 is 2. The van der Waals surface area contributed by atoms with Gasteiger partial charge >= 0.3 is 17.3 Å². The first-order valence-electron chi connectivity index (χ1n) is 6.71. The average Bonchev–Trinajstić information content (AvgIpc) is 2.85. The minimum Gasteiger partial charge on any atom is -0.467 e. The van der Waals surface area contributed by atoms with Crippen LogP contribution in [0.3, 0.4) is 0 Å². The highest BCUT2D eigenvalue weighted by molar-refractivity contribution is 5.67. The van der Waals surface area contributed by atoms with Crippen LogP contribution < -0.4 is 15.9 Å². The number of nitrogens with one attached hydrogen (secondary N) is 1. The fourth-order valence-corrected chi connectivity index (χ4v) is 2.33. The van der Waals surface area contributed by atoms with Crippen molar-refractivity contribution in [1.29, 1.82) is 0 Å². The smallest absolute Gasteiger partial charge is 0.448 e. The topological polar surface area (TPSA) is 144 Å². The van der Waals surface area contributed by atoms with Crippen molar-refractivity contribution in [2.75, 3.05) is 20.8 Å². The highest BCUT2D eigenvalue weighted by Crippen LogP contribution is 2.29. The number of H-pyrrole nitrogens is 1. The van der Waals surface area contributed by atoms with Crippen molar-refractivity contribution in [3.63, 3.8) is 0 Å². The number of carbonyl (C=O) groups is 1. The Hall–Kier alpha value is -2.08. The number of nitrogens with zero attached hydrogens (tertiary/aromatic N) is 2. The average molecular weight is 332 g/mol. The molecule has 1 unspecified atom stereocenters. The summed E-state index contributed by atoms with van der Waals surface area (Å²) in [5.41, 5.74) is -1.61. The molecular formula is C12H18N3O8+. The molecule has 1 saturated heterocycles. The van der Waals surface area contributed by atoms with Gasteiger partial charge in [-0.15, -0.1) is 0 Å². The summed E-state index contributed by atoms with van der Waals surface area (Å²) in [5, 5.41) is 19.2. The summed E-state index contributed by atoms with van der Waals surface area (Å²) < 4.78 is 16.9. The second-order valence-electron chi connectivity index (χ2n) is 4.90. The zero-order valence-corrected chi connectivity index (χ0v) is 12.5. The maximum absolute atomic E-state index is 12.0. The van der Waals surface area contributed by atoms with Crippen LogP contribution in [0.1, 0.15) is 6.23 Å². The van der Waals surface area contributed by atoms with Crippen LogP contribution in [0.2, 0.25) is 0 Å². The molecule has 1 aromatic heterocycles. The number of hydrogen-bond donors (Lipinski definition) is 3. The van der Waals surface area contributed by atoms with Crippen LogP contribution >= 0.6 is 0 Å². The summed E-state index contributed by atoms with van der Waals surface area (Å²) in [6.45, 7) is -0.889. The Morgan fingerprint density at radius 1 is 1.48 bits per heavy atom. The third kappa shape index (κ3) is 3.32. The number of rotatable bonds is 5. The van der Waals surface area contributed by atoms with Gasteiger partial charge in [-0.1, -0.05) is 0 Å². The summed E-state index contributed by atoms with van der Waals surface area (Å²) in [6.07, 6.45) is -3.07. The van der Waals surface area contributed by atoms with Crippen molar-refractivity contribution in [3.8, 4) is 0 Å². The molecule has 0 bridgehead atoms. The fourth-order valence-electron chi connectivity index (χ4n) is 2.33. The SMILES string of the molecule is COC(=O)C[n+]1cn([C@@H]2O[C@H](CO)C(O)[C@@H]2OC)c(=O)[nH]c1=O. The Labute approximate surface area is 129 Å². The number of aliphatic hydroxyl groups is 2. The summed E-state index contributed by atoms with van der Waals surface area (Å²) in [4.78, 5) is 37.1. The predicted octanol–water partition coefficient (Wildman–Crippen LogP) is -3.74. The van der Waals surface area contributed by atoms with Gasteiger partial charge in [-0.2, -0.15) is 14.1 Å². The van der Waals surface area contributed by atoms with E-state index in [2.05, 4.69) is 4.74 Å². The number of hydrogen-bond acceptors (Lipinski definition) is 8. The molecule has 3 N–H and O–H groups in total. The summed E-state index contributed by atoms with van der Waals surface area (Å²) in [7, 11) is 2.47. The summed E-state index contributed by atoms with van der Waals surface area (Å²) >= 11 is 0. The minimum absolute atomic E-state index is 0.414. The first-order valence-corrected chi connectivity index (χ1v) is 6.71. The molecule has 0 spiro atoms. The Bertz CT molecular complexity index is 684. The molecule has 1 aliphatic heterocycles.